The number of hydrogen-bond donors (Lipinski definition) is 2. The highest BCUT2D eigenvalue weighted by atomic mass is 16.5. The molecule has 0 unspecified atom stereocenters. The quantitative estimate of drug-likeness (QED) is 0.835. The summed E-state index contributed by atoms with van der Waals surface area (Å²) < 4.78 is 5.45. The molecule has 0 saturated carbocycles. The summed E-state index contributed by atoms with van der Waals surface area (Å²) in [5.74, 6) is -0.298. The zero-order valence-corrected chi connectivity index (χ0v) is 15.6. The van der Waals surface area contributed by atoms with Crippen molar-refractivity contribution in [3.05, 3.63) is 59.7 Å². The maximum absolute atomic E-state index is 12.4. The van der Waals surface area contributed by atoms with Gasteiger partial charge in [-0.05, 0) is 35.1 Å². The van der Waals surface area contributed by atoms with Gasteiger partial charge in [-0.25, -0.2) is 4.79 Å². The lowest BCUT2D eigenvalue weighted by Gasteiger charge is -2.22. The van der Waals surface area contributed by atoms with Crippen LogP contribution in [0.2, 0.25) is 0 Å². The molecule has 0 bridgehead atoms. The van der Waals surface area contributed by atoms with Crippen molar-refractivity contribution in [3.63, 3.8) is 0 Å². The number of amides is 2. The molecule has 4 rings (SSSR count). The van der Waals surface area contributed by atoms with Gasteiger partial charge >= 0.3 is 6.09 Å². The second kappa shape index (κ2) is 8.02. The first-order chi connectivity index (χ1) is 13.7. The lowest BCUT2D eigenvalue weighted by atomic mass is 9.98. The van der Waals surface area contributed by atoms with Crippen LogP contribution in [-0.4, -0.2) is 54.4 Å². The van der Waals surface area contributed by atoms with E-state index in [9.17, 15) is 14.7 Å². The van der Waals surface area contributed by atoms with E-state index in [1.54, 1.807) is 4.90 Å². The van der Waals surface area contributed by atoms with E-state index in [0.717, 1.165) is 35.1 Å². The van der Waals surface area contributed by atoms with Crippen LogP contribution in [0.1, 0.15) is 29.9 Å². The van der Waals surface area contributed by atoms with Gasteiger partial charge < -0.3 is 20.1 Å². The Balaban J connectivity index is 1.41. The number of benzene rings is 2. The first-order valence-corrected chi connectivity index (χ1v) is 9.70. The van der Waals surface area contributed by atoms with E-state index in [-0.39, 0.29) is 18.4 Å². The summed E-state index contributed by atoms with van der Waals surface area (Å²) in [6, 6.07) is 15.2. The molecule has 6 nitrogen and oxygen atoms in total. The molecule has 1 aliphatic carbocycles. The van der Waals surface area contributed by atoms with Crippen molar-refractivity contribution in [1.82, 2.24) is 10.2 Å². The number of likely N-dealkylation sites (tertiary alicyclic amines) is 1. The Kier molecular flexibility index (Phi) is 5.30. The number of carbonyl (C=O) groups is 2. The molecule has 0 radical (unpaired) electrons. The van der Waals surface area contributed by atoms with Crippen LogP contribution in [0.3, 0.4) is 0 Å². The van der Waals surface area contributed by atoms with E-state index in [1.165, 1.54) is 0 Å². The molecular formula is C22H24N2O4. The maximum Gasteiger partial charge on any atom is 0.407 e. The van der Waals surface area contributed by atoms with Crippen LogP contribution in [-0.2, 0) is 9.53 Å². The summed E-state index contributed by atoms with van der Waals surface area (Å²) in [6.07, 6.45) is 1.22. The number of fused-ring (bicyclic) bond motifs is 3. The second-order valence-electron chi connectivity index (χ2n) is 7.24. The molecule has 2 aliphatic rings. The molecule has 2 aromatic rings. The van der Waals surface area contributed by atoms with Crippen molar-refractivity contribution in [1.29, 1.82) is 0 Å². The highest BCUT2D eigenvalue weighted by molar-refractivity contribution is 5.86. The SMILES string of the molecule is O=C(N[C@@H](CO)C(=O)N1CCCC1)OCC1c2ccccc2-c2ccccc21. The topological polar surface area (TPSA) is 78.9 Å². The first kappa shape index (κ1) is 18.5. The van der Waals surface area contributed by atoms with Crippen molar-refractivity contribution in [2.45, 2.75) is 24.8 Å². The Morgan fingerprint density at radius 1 is 1.04 bits per heavy atom. The van der Waals surface area contributed by atoms with Gasteiger partial charge in [0.05, 0.1) is 6.61 Å². The monoisotopic (exact) mass is 380 g/mol. The van der Waals surface area contributed by atoms with Crippen LogP contribution in [0.15, 0.2) is 48.5 Å². The average molecular weight is 380 g/mol. The van der Waals surface area contributed by atoms with Crippen molar-refractivity contribution in [3.8, 4) is 11.1 Å². The van der Waals surface area contributed by atoms with Crippen LogP contribution >= 0.6 is 0 Å². The number of ether oxygens (including phenoxy) is 1. The van der Waals surface area contributed by atoms with Crippen LogP contribution in [0.4, 0.5) is 4.79 Å². The maximum atomic E-state index is 12.4. The lowest BCUT2D eigenvalue weighted by molar-refractivity contribution is -0.133. The number of carbonyl (C=O) groups excluding carboxylic acids is 2. The van der Waals surface area contributed by atoms with E-state index in [2.05, 4.69) is 29.6 Å². The van der Waals surface area contributed by atoms with Gasteiger partial charge in [0.2, 0.25) is 5.91 Å². The summed E-state index contributed by atoms with van der Waals surface area (Å²) in [6.45, 7) is 1.07. The van der Waals surface area contributed by atoms with E-state index in [4.69, 9.17) is 4.74 Å². The van der Waals surface area contributed by atoms with Gasteiger partial charge in [0.1, 0.15) is 12.6 Å². The van der Waals surface area contributed by atoms with Crippen LogP contribution in [0.25, 0.3) is 11.1 Å². The summed E-state index contributed by atoms with van der Waals surface area (Å²) in [5, 5.41) is 12.0. The van der Waals surface area contributed by atoms with Crippen LogP contribution in [0.5, 0.6) is 0 Å². The molecule has 1 atom stereocenters. The van der Waals surface area contributed by atoms with E-state index in [1.807, 2.05) is 24.3 Å². The zero-order chi connectivity index (χ0) is 19.5. The number of aliphatic hydroxyl groups excluding tert-OH is 1. The Bertz CT molecular complexity index is 831. The van der Waals surface area contributed by atoms with Crippen LogP contribution < -0.4 is 5.32 Å². The Hall–Kier alpha value is -2.86. The largest absolute Gasteiger partial charge is 0.449 e. The normalized spacial score (nSPS) is 16.4. The van der Waals surface area contributed by atoms with Crippen molar-refractivity contribution >= 4 is 12.0 Å². The number of alkyl carbamates (subject to hydrolysis) is 1. The summed E-state index contributed by atoms with van der Waals surface area (Å²) >= 11 is 0. The molecule has 146 valence electrons. The smallest absolute Gasteiger partial charge is 0.407 e. The number of hydrogen-bond acceptors (Lipinski definition) is 4. The fraction of sp³-hybridized carbons (Fsp3) is 0.364. The molecule has 0 spiro atoms. The molecule has 1 fully saturated rings. The summed E-state index contributed by atoms with van der Waals surface area (Å²) in [4.78, 5) is 26.4. The van der Waals surface area contributed by atoms with Gasteiger partial charge in [-0.15, -0.1) is 0 Å². The van der Waals surface area contributed by atoms with Crippen molar-refractivity contribution in [2.24, 2.45) is 0 Å². The minimum atomic E-state index is -0.964. The molecule has 1 saturated heterocycles. The minimum absolute atomic E-state index is 0.0417. The third-order valence-electron chi connectivity index (χ3n) is 5.53. The zero-order valence-electron chi connectivity index (χ0n) is 15.6. The lowest BCUT2D eigenvalue weighted by Crippen LogP contribution is -2.50. The highest BCUT2D eigenvalue weighted by Gasteiger charge is 2.31. The first-order valence-electron chi connectivity index (χ1n) is 9.70. The average Bonchev–Trinajstić information content (AvgIpc) is 3.37. The number of rotatable bonds is 5. The van der Waals surface area contributed by atoms with E-state index >= 15 is 0 Å². The molecule has 6 heteroatoms. The Morgan fingerprint density at radius 3 is 2.18 bits per heavy atom. The molecule has 1 aliphatic heterocycles. The fourth-order valence-corrected chi connectivity index (χ4v) is 4.13. The Labute approximate surface area is 164 Å². The van der Waals surface area contributed by atoms with Gasteiger partial charge in [0.25, 0.3) is 0 Å². The molecule has 2 amide bonds. The van der Waals surface area contributed by atoms with Gasteiger partial charge in [-0.3, -0.25) is 4.79 Å². The molecular weight excluding hydrogens is 356 g/mol. The third kappa shape index (κ3) is 3.47. The van der Waals surface area contributed by atoms with Crippen molar-refractivity contribution < 1.29 is 19.4 Å². The number of aliphatic hydroxyl groups is 1. The highest BCUT2D eigenvalue weighted by Crippen LogP contribution is 2.44. The number of nitrogens with one attached hydrogen (secondary N) is 1. The van der Waals surface area contributed by atoms with Crippen LogP contribution in [0, 0.1) is 0 Å². The van der Waals surface area contributed by atoms with Gasteiger partial charge in [-0.2, -0.15) is 0 Å². The van der Waals surface area contributed by atoms with E-state index in [0.29, 0.717) is 13.1 Å². The number of nitrogens with zero attached hydrogens (tertiary/aromatic N) is 1. The fourth-order valence-electron chi connectivity index (χ4n) is 4.13. The summed E-state index contributed by atoms with van der Waals surface area (Å²) in [7, 11) is 0. The third-order valence-corrected chi connectivity index (χ3v) is 5.53. The predicted octanol–water partition coefficient (Wildman–Crippen LogP) is 2.51. The Morgan fingerprint density at radius 2 is 1.61 bits per heavy atom. The predicted molar refractivity (Wildman–Crippen MR) is 105 cm³/mol. The molecule has 1 heterocycles. The van der Waals surface area contributed by atoms with Gasteiger partial charge in [-0.1, -0.05) is 48.5 Å². The molecule has 0 aromatic heterocycles. The minimum Gasteiger partial charge on any atom is -0.449 e. The van der Waals surface area contributed by atoms with Crippen molar-refractivity contribution in [2.75, 3.05) is 26.3 Å². The molecule has 2 N–H and O–H groups in total. The van der Waals surface area contributed by atoms with Gasteiger partial charge in [0.15, 0.2) is 0 Å². The standard InChI is InChI=1S/C22H24N2O4/c25-13-20(21(26)24-11-5-6-12-24)23-22(27)28-14-19-17-9-3-1-7-15(17)16-8-2-4-10-18(16)19/h1-4,7-10,19-20,25H,5-6,11-14H2,(H,23,27)/t20-/m0/s1. The molecule has 28 heavy (non-hydrogen) atoms. The summed E-state index contributed by atoms with van der Waals surface area (Å²) in [5.41, 5.74) is 4.57. The second-order valence-corrected chi connectivity index (χ2v) is 7.24. The molecule has 2 aromatic carbocycles. The van der Waals surface area contributed by atoms with Gasteiger partial charge in [0, 0.05) is 19.0 Å². The van der Waals surface area contributed by atoms with E-state index < -0.39 is 18.7 Å².